The van der Waals surface area contributed by atoms with Crippen molar-refractivity contribution in [2.24, 2.45) is 0 Å². The fraction of sp³-hybridized carbons (Fsp3) is 0.333. The van der Waals surface area contributed by atoms with Crippen molar-refractivity contribution in [3.05, 3.63) is 28.8 Å². The molecule has 1 amide bonds. The minimum atomic E-state index is -1.01. The second kappa shape index (κ2) is 6.26. The molecule has 0 spiro atoms. The Morgan fingerprint density at radius 3 is 2.61 bits per heavy atom. The van der Waals surface area contributed by atoms with Crippen LogP contribution < -0.4 is 10.1 Å². The third-order valence-electron chi connectivity index (χ3n) is 2.34. The molecule has 2 N–H and O–H groups in total. The van der Waals surface area contributed by atoms with Crippen molar-refractivity contribution in [3.8, 4) is 5.75 Å². The van der Waals surface area contributed by atoms with E-state index < -0.39 is 12.0 Å². The van der Waals surface area contributed by atoms with Crippen LogP contribution in [0.3, 0.4) is 0 Å². The van der Waals surface area contributed by atoms with Gasteiger partial charge >= 0.3 is 5.97 Å². The van der Waals surface area contributed by atoms with Crippen LogP contribution in [0.5, 0.6) is 5.75 Å². The lowest BCUT2D eigenvalue weighted by Crippen LogP contribution is -2.28. The van der Waals surface area contributed by atoms with Gasteiger partial charge in [0, 0.05) is 11.9 Å². The van der Waals surface area contributed by atoms with Crippen molar-refractivity contribution in [1.82, 2.24) is 5.32 Å². The Morgan fingerprint density at radius 2 is 2.17 bits per heavy atom. The predicted molar refractivity (Wildman–Crippen MR) is 66.8 cm³/mol. The average molecular weight is 272 g/mol. The molecule has 98 valence electrons. The summed E-state index contributed by atoms with van der Waals surface area (Å²) in [5.41, 5.74) is 0.551. The molecule has 1 aromatic rings. The first-order chi connectivity index (χ1) is 8.43. The molecule has 1 rings (SSSR count). The summed E-state index contributed by atoms with van der Waals surface area (Å²) < 4.78 is 5.00. The summed E-state index contributed by atoms with van der Waals surface area (Å²) in [6.45, 7) is 1.33. The van der Waals surface area contributed by atoms with Crippen LogP contribution in [0.2, 0.25) is 5.02 Å². The standard InChI is InChI=1S/C12H14ClNO4/c1-7(15)14-11(6-12(16)17)9-4-3-8(18-2)5-10(9)13/h3-5,11H,6H2,1-2H3,(H,14,15)(H,16,17). The maximum Gasteiger partial charge on any atom is 0.305 e. The lowest BCUT2D eigenvalue weighted by Gasteiger charge is -2.18. The molecule has 1 atom stereocenters. The van der Waals surface area contributed by atoms with Crippen molar-refractivity contribution in [1.29, 1.82) is 0 Å². The van der Waals surface area contributed by atoms with Gasteiger partial charge in [0.05, 0.1) is 19.6 Å². The summed E-state index contributed by atoms with van der Waals surface area (Å²) in [5, 5.41) is 11.7. The van der Waals surface area contributed by atoms with E-state index in [-0.39, 0.29) is 12.3 Å². The fourth-order valence-corrected chi connectivity index (χ4v) is 1.88. The largest absolute Gasteiger partial charge is 0.497 e. The third kappa shape index (κ3) is 3.92. The number of carbonyl (C=O) groups is 2. The van der Waals surface area contributed by atoms with E-state index in [0.717, 1.165) is 0 Å². The number of ether oxygens (including phenoxy) is 1. The Hall–Kier alpha value is -1.75. The molecule has 6 heteroatoms. The van der Waals surface area contributed by atoms with E-state index in [1.165, 1.54) is 14.0 Å². The first kappa shape index (κ1) is 14.3. The maximum atomic E-state index is 11.1. The van der Waals surface area contributed by atoms with Gasteiger partial charge in [0.25, 0.3) is 0 Å². The molecule has 1 aromatic carbocycles. The Bertz CT molecular complexity index is 445. The molecule has 1 unspecified atom stereocenters. The number of carbonyl (C=O) groups excluding carboxylic acids is 1. The first-order valence-electron chi connectivity index (χ1n) is 5.26. The summed E-state index contributed by atoms with van der Waals surface area (Å²) >= 11 is 6.05. The molecule has 0 saturated carbocycles. The van der Waals surface area contributed by atoms with E-state index in [1.807, 2.05) is 0 Å². The van der Waals surface area contributed by atoms with Crippen LogP contribution in [-0.4, -0.2) is 24.1 Å². The zero-order valence-electron chi connectivity index (χ0n) is 10.1. The highest BCUT2D eigenvalue weighted by atomic mass is 35.5. The zero-order chi connectivity index (χ0) is 13.7. The molecule has 18 heavy (non-hydrogen) atoms. The SMILES string of the molecule is COc1ccc(C(CC(=O)O)NC(C)=O)c(Cl)c1. The van der Waals surface area contributed by atoms with Gasteiger partial charge in [-0.25, -0.2) is 0 Å². The first-order valence-corrected chi connectivity index (χ1v) is 5.64. The number of nitrogens with one attached hydrogen (secondary N) is 1. The molecule has 0 aliphatic rings. The van der Waals surface area contributed by atoms with Crippen LogP contribution >= 0.6 is 11.6 Å². The van der Waals surface area contributed by atoms with Crippen molar-refractivity contribution >= 4 is 23.5 Å². The summed E-state index contributed by atoms with van der Waals surface area (Å²) in [6.07, 6.45) is -0.231. The second-order valence-corrected chi connectivity index (χ2v) is 4.15. The highest BCUT2D eigenvalue weighted by molar-refractivity contribution is 6.31. The number of halogens is 1. The number of hydrogen-bond donors (Lipinski definition) is 2. The molecular weight excluding hydrogens is 258 g/mol. The van der Waals surface area contributed by atoms with Gasteiger partial charge < -0.3 is 15.2 Å². The van der Waals surface area contributed by atoms with Gasteiger partial charge in [-0.05, 0) is 17.7 Å². The summed E-state index contributed by atoms with van der Waals surface area (Å²) in [7, 11) is 1.51. The number of carboxylic acids is 1. The lowest BCUT2D eigenvalue weighted by molar-refractivity contribution is -0.137. The Labute approximate surface area is 110 Å². The smallest absolute Gasteiger partial charge is 0.305 e. The van der Waals surface area contributed by atoms with Crippen molar-refractivity contribution in [2.45, 2.75) is 19.4 Å². The number of benzene rings is 1. The van der Waals surface area contributed by atoms with Gasteiger partial charge in [-0.15, -0.1) is 0 Å². The van der Waals surface area contributed by atoms with Crippen molar-refractivity contribution in [2.75, 3.05) is 7.11 Å². The van der Waals surface area contributed by atoms with E-state index in [2.05, 4.69) is 5.32 Å². The Balaban J connectivity index is 3.03. The number of methoxy groups -OCH3 is 1. The molecule has 0 fully saturated rings. The maximum absolute atomic E-state index is 11.1. The van der Waals surface area contributed by atoms with Crippen molar-refractivity contribution < 1.29 is 19.4 Å². The van der Waals surface area contributed by atoms with Crippen LogP contribution in [-0.2, 0) is 9.59 Å². The van der Waals surface area contributed by atoms with Crippen LogP contribution in [0.4, 0.5) is 0 Å². The molecule has 0 radical (unpaired) electrons. The van der Waals surface area contributed by atoms with E-state index in [9.17, 15) is 9.59 Å². The van der Waals surface area contributed by atoms with E-state index in [1.54, 1.807) is 18.2 Å². The number of aliphatic carboxylic acids is 1. The average Bonchev–Trinajstić information content (AvgIpc) is 2.26. The van der Waals surface area contributed by atoms with Crippen LogP contribution in [0.25, 0.3) is 0 Å². The fourth-order valence-electron chi connectivity index (χ4n) is 1.58. The number of amides is 1. The monoisotopic (exact) mass is 271 g/mol. The summed E-state index contributed by atoms with van der Waals surface area (Å²) in [4.78, 5) is 21.9. The molecule has 0 heterocycles. The Kier molecular flexibility index (Phi) is 4.97. The zero-order valence-corrected chi connectivity index (χ0v) is 10.8. The van der Waals surface area contributed by atoms with Gasteiger partial charge in [-0.1, -0.05) is 17.7 Å². The number of carboxylic acid groups (broad SMARTS) is 1. The normalized spacial score (nSPS) is 11.7. The minimum Gasteiger partial charge on any atom is -0.497 e. The van der Waals surface area contributed by atoms with Crippen molar-refractivity contribution in [3.63, 3.8) is 0 Å². The molecule has 0 bridgehead atoms. The van der Waals surface area contributed by atoms with E-state index in [4.69, 9.17) is 21.4 Å². The van der Waals surface area contributed by atoms with E-state index >= 15 is 0 Å². The molecular formula is C12H14ClNO4. The highest BCUT2D eigenvalue weighted by Crippen LogP contribution is 2.29. The molecule has 0 aliphatic heterocycles. The molecule has 0 aromatic heterocycles. The highest BCUT2D eigenvalue weighted by Gasteiger charge is 2.19. The van der Waals surface area contributed by atoms with Gasteiger partial charge in [0.15, 0.2) is 0 Å². The number of rotatable bonds is 5. The van der Waals surface area contributed by atoms with Crippen LogP contribution in [0, 0.1) is 0 Å². The molecule has 0 saturated heterocycles. The Morgan fingerprint density at radius 1 is 1.50 bits per heavy atom. The van der Waals surface area contributed by atoms with Gasteiger partial charge in [0.2, 0.25) is 5.91 Å². The molecule has 5 nitrogen and oxygen atoms in total. The van der Waals surface area contributed by atoms with Crippen LogP contribution in [0.15, 0.2) is 18.2 Å². The molecule has 0 aliphatic carbocycles. The quantitative estimate of drug-likeness (QED) is 0.859. The lowest BCUT2D eigenvalue weighted by atomic mass is 10.0. The second-order valence-electron chi connectivity index (χ2n) is 3.74. The number of hydrogen-bond acceptors (Lipinski definition) is 3. The topological polar surface area (TPSA) is 75.6 Å². The van der Waals surface area contributed by atoms with Gasteiger partial charge in [-0.3, -0.25) is 9.59 Å². The summed E-state index contributed by atoms with van der Waals surface area (Å²) in [6, 6.07) is 4.23. The summed E-state index contributed by atoms with van der Waals surface area (Å²) in [5.74, 6) is -0.755. The predicted octanol–water partition coefficient (Wildman–Crippen LogP) is 2.00. The minimum absolute atomic E-state index is 0.231. The van der Waals surface area contributed by atoms with Crippen LogP contribution in [0.1, 0.15) is 24.9 Å². The van der Waals surface area contributed by atoms with E-state index in [0.29, 0.717) is 16.3 Å². The van der Waals surface area contributed by atoms with Gasteiger partial charge in [0.1, 0.15) is 5.75 Å². The third-order valence-corrected chi connectivity index (χ3v) is 2.67. The van der Waals surface area contributed by atoms with Gasteiger partial charge in [-0.2, -0.15) is 0 Å².